The number of hydrogen-bond acceptors (Lipinski definition) is 3. The van der Waals surface area contributed by atoms with Gasteiger partial charge in [0.2, 0.25) is 0 Å². The van der Waals surface area contributed by atoms with Crippen molar-refractivity contribution in [2.75, 3.05) is 0 Å². The molecule has 2 aromatic rings. The summed E-state index contributed by atoms with van der Waals surface area (Å²) in [6.45, 7) is 0. The summed E-state index contributed by atoms with van der Waals surface area (Å²) in [7, 11) is 0. The Morgan fingerprint density at radius 3 is 3.20 bits per heavy atom. The van der Waals surface area contributed by atoms with Gasteiger partial charge in [-0.2, -0.15) is 4.37 Å². The Labute approximate surface area is 70.2 Å². The van der Waals surface area contributed by atoms with Crippen molar-refractivity contribution in [2.45, 2.75) is 0 Å². The molecular weight excluding hydrogens is 212 g/mol. The molecule has 0 spiro atoms. The second-order valence-corrected chi connectivity index (χ2v) is 3.61. The first-order chi connectivity index (χ1) is 4.86. The van der Waals surface area contributed by atoms with Gasteiger partial charge in [0.1, 0.15) is 5.52 Å². The number of fused-ring (bicyclic) bond motifs is 1. The molecule has 0 atom stereocenters. The number of aromatic nitrogens is 2. The lowest BCUT2D eigenvalue weighted by atomic mass is 10.4. The molecule has 0 saturated carbocycles. The molecule has 2 heterocycles. The summed E-state index contributed by atoms with van der Waals surface area (Å²) in [5.74, 6) is 0. The summed E-state index contributed by atoms with van der Waals surface area (Å²) in [4.78, 5) is 4.14. The van der Waals surface area contributed by atoms with Gasteiger partial charge < -0.3 is 0 Å². The number of halogens is 1. The van der Waals surface area contributed by atoms with E-state index in [2.05, 4.69) is 25.3 Å². The maximum Gasteiger partial charge on any atom is 0.101 e. The van der Waals surface area contributed by atoms with Crippen LogP contribution in [0.15, 0.2) is 22.9 Å². The Bertz CT molecular complexity index is 357. The topological polar surface area (TPSA) is 25.8 Å². The predicted octanol–water partition coefficient (Wildman–Crippen LogP) is 2.45. The van der Waals surface area contributed by atoms with Crippen molar-refractivity contribution in [1.82, 2.24) is 9.36 Å². The Hall–Kier alpha value is -0.480. The largest absolute Gasteiger partial charge is 0.252 e. The number of hydrogen-bond donors (Lipinski definition) is 0. The van der Waals surface area contributed by atoms with Gasteiger partial charge in [0.05, 0.1) is 10.9 Å². The van der Waals surface area contributed by atoms with Gasteiger partial charge in [-0.15, -0.1) is 0 Å². The van der Waals surface area contributed by atoms with Crippen molar-refractivity contribution < 1.29 is 0 Å². The molecular formula is C6H3BrN2S. The highest BCUT2D eigenvalue weighted by atomic mass is 79.9. The van der Waals surface area contributed by atoms with Gasteiger partial charge in [0, 0.05) is 10.7 Å². The fraction of sp³-hybridized carbons (Fsp3) is 0. The Balaban J connectivity index is 2.86. The first kappa shape index (κ1) is 6.24. The normalized spacial score (nSPS) is 10.5. The molecule has 0 aliphatic heterocycles. The first-order valence-corrected chi connectivity index (χ1v) is 4.29. The van der Waals surface area contributed by atoms with Crippen LogP contribution in [0.25, 0.3) is 10.2 Å². The summed E-state index contributed by atoms with van der Waals surface area (Å²) in [6.07, 6.45) is 3.54. The van der Waals surface area contributed by atoms with Crippen LogP contribution in [-0.4, -0.2) is 9.36 Å². The lowest BCUT2D eigenvalue weighted by molar-refractivity contribution is 1.39. The van der Waals surface area contributed by atoms with E-state index in [4.69, 9.17) is 0 Å². The van der Waals surface area contributed by atoms with E-state index in [9.17, 15) is 0 Å². The van der Waals surface area contributed by atoms with Crippen molar-refractivity contribution in [1.29, 1.82) is 0 Å². The van der Waals surface area contributed by atoms with Gasteiger partial charge in [0.15, 0.2) is 0 Å². The molecule has 0 fully saturated rings. The van der Waals surface area contributed by atoms with E-state index in [1.54, 1.807) is 12.4 Å². The average molecular weight is 215 g/mol. The van der Waals surface area contributed by atoms with Crippen LogP contribution in [0.5, 0.6) is 0 Å². The monoisotopic (exact) mass is 214 g/mol. The molecule has 2 aromatic heterocycles. The van der Waals surface area contributed by atoms with Crippen LogP contribution in [0.1, 0.15) is 0 Å². The predicted molar refractivity (Wildman–Crippen MR) is 45.1 cm³/mol. The second kappa shape index (κ2) is 2.29. The molecule has 0 aliphatic carbocycles. The molecule has 0 saturated heterocycles. The van der Waals surface area contributed by atoms with Crippen molar-refractivity contribution >= 4 is 37.7 Å². The minimum absolute atomic E-state index is 0.966. The molecule has 2 rings (SSSR count). The van der Waals surface area contributed by atoms with E-state index in [0.29, 0.717) is 0 Å². The van der Waals surface area contributed by atoms with Crippen LogP contribution in [0.3, 0.4) is 0 Å². The molecule has 50 valence electrons. The lowest BCUT2D eigenvalue weighted by Gasteiger charge is -1.86. The Morgan fingerprint density at radius 1 is 1.40 bits per heavy atom. The third kappa shape index (κ3) is 0.932. The van der Waals surface area contributed by atoms with Gasteiger partial charge in [-0.25, -0.2) is 0 Å². The molecule has 10 heavy (non-hydrogen) atoms. The quantitative estimate of drug-likeness (QED) is 0.674. The molecule has 0 radical (unpaired) electrons. The molecule has 0 amide bonds. The van der Waals surface area contributed by atoms with E-state index < -0.39 is 0 Å². The van der Waals surface area contributed by atoms with Crippen molar-refractivity contribution in [3.05, 3.63) is 22.9 Å². The molecule has 4 heteroatoms. The lowest BCUT2D eigenvalue weighted by Crippen LogP contribution is -1.70. The summed E-state index contributed by atoms with van der Waals surface area (Å²) in [5, 5.41) is 0. The third-order valence-electron chi connectivity index (χ3n) is 1.17. The molecule has 0 aliphatic rings. The first-order valence-electron chi connectivity index (χ1n) is 2.72. The van der Waals surface area contributed by atoms with Gasteiger partial charge in [-0.05, 0) is 33.5 Å². The maximum atomic E-state index is 4.14. The van der Waals surface area contributed by atoms with E-state index in [1.807, 2.05) is 6.07 Å². The SMILES string of the molecule is Brc1cnc2cnsc2c1. The van der Waals surface area contributed by atoms with E-state index in [-0.39, 0.29) is 0 Å². The van der Waals surface area contributed by atoms with Crippen LogP contribution < -0.4 is 0 Å². The van der Waals surface area contributed by atoms with Crippen LogP contribution in [0.4, 0.5) is 0 Å². The maximum absolute atomic E-state index is 4.14. The highest BCUT2D eigenvalue weighted by molar-refractivity contribution is 9.10. The van der Waals surface area contributed by atoms with Gasteiger partial charge in [0.25, 0.3) is 0 Å². The van der Waals surface area contributed by atoms with E-state index >= 15 is 0 Å². The smallest absolute Gasteiger partial charge is 0.101 e. The van der Waals surface area contributed by atoms with E-state index in [1.165, 1.54) is 11.5 Å². The Morgan fingerprint density at radius 2 is 2.30 bits per heavy atom. The number of nitrogens with zero attached hydrogens (tertiary/aromatic N) is 2. The highest BCUT2D eigenvalue weighted by Crippen LogP contribution is 2.19. The van der Waals surface area contributed by atoms with Crippen molar-refractivity contribution in [3.8, 4) is 0 Å². The standard InChI is InChI=1S/C6H3BrN2S/c7-4-1-6-5(8-2-4)3-9-10-6/h1-3H. The summed E-state index contributed by atoms with van der Waals surface area (Å²) in [6, 6.07) is 2.01. The summed E-state index contributed by atoms with van der Waals surface area (Å²) >= 11 is 4.79. The summed E-state index contributed by atoms with van der Waals surface area (Å²) in [5.41, 5.74) is 0.966. The van der Waals surface area contributed by atoms with Crippen molar-refractivity contribution in [2.24, 2.45) is 0 Å². The van der Waals surface area contributed by atoms with Crippen LogP contribution in [0, 0.1) is 0 Å². The molecule has 2 nitrogen and oxygen atoms in total. The van der Waals surface area contributed by atoms with Crippen molar-refractivity contribution in [3.63, 3.8) is 0 Å². The number of pyridine rings is 1. The highest BCUT2D eigenvalue weighted by Gasteiger charge is 1.95. The van der Waals surface area contributed by atoms with E-state index in [0.717, 1.165) is 14.7 Å². The fourth-order valence-electron chi connectivity index (χ4n) is 0.734. The van der Waals surface area contributed by atoms with Crippen LogP contribution >= 0.6 is 27.5 Å². The minimum atomic E-state index is 0.966. The fourth-order valence-corrected chi connectivity index (χ4v) is 1.86. The molecule has 0 aromatic carbocycles. The molecule has 0 unspecified atom stereocenters. The molecule has 0 N–H and O–H groups in total. The summed E-state index contributed by atoms with van der Waals surface area (Å²) < 4.78 is 6.12. The van der Waals surface area contributed by atoms with Crippen LogP contribution in [-0.2, 0) is 0 Å². The molecule has 0 bridgehead atoms. The van der Waals surface area contributed by atoms with Gasteiger partial charge >= 0.3 is 0 Å². The average Bonchev–Trinajstić information content (AvgIpc) is 2.33. The second-order valence-electron chi connectivity index (χ2n) is 1.86. The van der Waals surface area contributed by atoms with Gasteiger partial charge in [-0.3, -0.25) is 4.98 Å². The van der Waals surface area contributed by atoms with Crippen LogP contribution in [0.2, 0.25) is 0 Å². The zero-order valence-electron chi connectivity index (χ0n) is 4.91. The zero-order chi connectivity index (χ0) is 6.97. The Kier molecular flexibility index (Phi) is 1.43. The third-order valence-corrected chi connectivity index (χ3v) is 2.34. The minimum Gasteiger partial charge on any atom is -0.252 e. The van der Waals surface area contributed by atoms with Gasteiger partial charge in [-0.1, -0.05) is 0 Å². The number of rotatable bonds is 0. The zero-order valence-corrected chi connectivity index (χ0v) is 7.32.